The highest BCUT2D eigenvalue weighted by atomic mass is 15.2. The van der Waals surface area contributed by atoms with Crippen molar-refractivity contribution in [3.05, 3.63) is 17.5 Å². The van der Waals surface area contributed by atoms with Gasteiger partial charge in [-0.3, -0.25) is 10.00 Å². The number of nitrogens with one attached hydrogen (secondary N) is 1. The second-order valence-electron chi connectivity index (χ2n) is 4.40. The number of hydrogen-bond donors (Lipinski definition) is 1. The van der Waals surface area contributed by atoms with Crippen molar-refractivity contribution in [3.63, 3.8) is 0 Å². The van der Waals surface area contributed by atoms with E-state index in [-0.39, 0.29) is 0 Å². The zero-order valence-electron chi connectivity index (χ0n) is 8.59. The number of fused-ring (bicyclic) bond motifs is 1. The van der Waals surface area contributed by atoms with E-state index in [9.17, 15) is 0 Å². The molecular formula is C10H17N3. The second kappa shape index (κ2) is 2.84. The van der Waals surface area contributed by atoms with Crippen LogP contribution >= 0.6 is 0 Å². The van der Waals surface area contributed by atoms with Gasteiger partial charge in [0.05, 0.1) is 11.9 Å². The molecule has 3 heteroatoms. The smallest absolute Gasteiger partial charge is 0.0537 e. The first-order valence-electron chi connectivity index (χ1n) is 4.89. The van der Waals surface area contributed by atoms with Gasteiger partial charge in [-0.25, -0.2) is 0 Å². The molecule has 0 aromatic carbocycles. The maximum absolute atomic E-state index is 4.03. The van der Waals surface area contributed by atoms with Crippen LogP contribution in [-0.4, -0.2) is 20.6 Å². The standard InChI is InChI=1S/C10H17N3/c1-4-10(2,3)13-6-8-5-11-12-9(8)7-13/h5H,4,6-7H2,1-3H3,(H,11,12). The molecule has 0 bridgehead atoms. The maximum atomic E-state index is 4.03. The van der Waals surface area contributed by atoms with E-state index in [0.29, 0.717) is 5.54 Å². The summed E-state index contributed by atoms with van der Waals surface area (Å²) in [5.41, 5.74) is 2.96. The van der Waals surface area contributed by atoms with Crippen molar-refractivity contribution in [1.29, 1.82) is 0 Å². The largest absolute Gasteiger partial charge is 0.288 e. The van der Waals surface area contributed by atoms with E-state index >= 15 is 0 Å². The number of aromatic amines is 1. The lowest BCUT2D eigenvalue weighted by Crippen LogP contribution is -2.39. The summed E-state index contributed by atoms with van der Waals surface area (Å²) in [6.07, 6.45) is 3.13. The van der Waals surface area contributed by atoms with Gasteiger partial charge in [-0.2, -0.15) is 5.10 Å². The van der Waals surface area contributed by atoms with Crippen LogP contribution in [0.25, 0.3) is 0 Å². The minimum Gasteiger partial charge on any atom is -0.288 e. The summed E-state index contributed by atoms with van der Waals surface area (Å²) >= 11 is 0. The molecule has 1 aromatic rings. The molecule has 0 aliphatic carbocycles. The molecule has 0 saturated heterocycles. The molecule has 1 N–H and O–H groups in total. The molecule has 13 heavy (non-hydrogen) atoms. The SMILES string of the molecule is CCC(C)(C)N1Cc2cn[nH]c2C1. The van der Waals surface area contributed by atoms with Crippen LogP contribution in [0.15, 0.2) is 6.20 Å². The minimum atomic E-state index is 0.305. The van der Waals surface area contributed by atoms with E-state index in [1.165, 1.54) is 17.7 Å². The lowest BCUT2D eigenvalue weighted by molar-refractivity contribution is 0.113. The first kappa shape index (κ1) is 8.75. The van der Waals surface area contributed by atoms with Gasteiger partial charge in [0.15, 0.2) is 0 Å². The van der Waals surface area contributed by atoms with E-state index in [0.717, 1.165) is 13.1 Å². The zero-order valence-corrected chi connectivity index (χ0v) is 8.59. The lowest BCUT2D eigenvalue weighted by atomic mass is 10.00. The fourth-order valence-electron chi connectivity index (χ4n) is 1.72. The van der Waals surface area contributed by atoms with Crippen LogP contribution in [0.5, 0.6) is 0 Å². The topological polar surface area (TPSA) is 31.9 Å². The van der Waals surface area contributed by atoms with E-state index in [1.54, 1.807) is 0 Å². The third-order valence-corrected chi connectivity index (χ3v) is 3.24. The summed E-state index contributed by atoms with van der Waals surface area (Å²) in [6, 6.07) is 0. The van der Waals surface area contributed by atoms with Gasteiger partial charge in [-0.15, -0.1) is 0 Å². The molecule has 2 rings (SSSR count). The van der Waals surface area contributed by atoms with E-state index < -0.39 is 0 Å². The van der Waals surface area contributed by atoms with Crippen LogP contribution in [0, 0.1) is 0 Å². The average molecular weight is 179 g/mol. The van der Waals surface area contributed by atoms with Gasteiger partial charge in [0.1, 0.15) is 0 Å². The molecule has 1 aliphatic heterocycles. The van der Waals surface area contributed by atoms with E-state index in [4.69, 9.17) is 0 Å². The molecule has 3 nitrogen and oxygen atoms in total. The Bertz CT molecular complexity index is 280. The Balaban J connectivity index is 2.14. The quantitative estimate of drug-likeness (QED) is 0.752. The summed E-state index contributed by atoms with van der Waals surface area (Å²) in [4.78, 5) is 2.50. The number of H-pyrrole nitrogens is 1. The molecule has 0 unspecified atom stereocenters. The maximum Gasteiger partial charge on any atom is 0.0537 e. The van der Waals surface area contributed by atoms with Gasteiger partial charge in [0.25, 0.3) is 0 Å². The van der Waals surface area contributed by atoms with Gasteiger partial charge in [-0.1, -0.05) is 6.92 Å². The fraction of sp³-hybridized carbons (Fsp3) is 0.700. The van der Waals surface area contributed by atoms with Crippen LogP contribution in [0.4, 0.5) is 0 Å². The first-order chi connectivity index (χ1) is 6.13. The molecular weight excluding hydrogens is 162 g/mol. The number of nitrogens with zero attached hydrogens (tertiary/aromatic N) is 2. The molecule has 1 aliphatic rings. The number of hydrogen-bond acceptors (Lipinski definition) is 2. The Morgan fingerprint density at radius 1 is 1.54 bits per heavy atom. The molecule has 0 spiro atoms. The third-order valence-electron chi connectivity index (χ3n) is 3.24. The molecule has 0 fully saturated rings. The summed E-state index contributed by atoms with van der Waals surface area (Å²) in [6.45, 7) is 8.91. The van der Waals surface area contributed by atoms with Crippen molar-refractivity contribution < 1.29 is 0 Å². The van der Waals surface area contributed by atoms with E-state index in [2.05, 4.69) is 35.9 Å². The Morgan fingerprint density at radius 3 is 2.92 bits per heavy atom. The summed E-state index contributed by atoms with van der Waals surface area (Å²) < 4.78 is 0. The van der Waals surface area contributed by atoms with Crippen LogP contribution in [0.2, 0.25) is 0 Å². The zero-order chi connectivity index (χ0) is 9.47. The van der Waals surface area contributed by atoms with Crippen molar-refractivity contribution >= 4 is 0 Å². The first-order valence-corrected chi connectivity index (χ1v) is 4.89. The molecule has 72 valence electrons. The van der Waals surface area contributed by atoms with Gasteiger partial charge in [-0.05, 0) is 20.3 Å². The van der Waals surface area contributed by atoms with Crippen molar-refractivity contribution in [1.82, 2.24) is 15.1 Å². The molecule has 0 amide bonds. The molecule has 0 atom stereocenters. The Hall–Kier alpha value is -0.830. The monoisotopic (exact) mass is 179 g/mol. The Labute approximate surface area is 79.1 Å². The average Bonchev–Trinajstić information content (AvgIpc) is 2.61. The normalized spacial score (nSPS) is 17.8. The fourth-order valence-corrected chi connectivity index (χ4v) is 1.72. The molecule has 0 radical (unpaired) electrons. The highest BCUT2D eigenvalue weighted by Gasteiger charge is 2.31. The predicted molar refractivity (Wildman–Crippen MR) is 52.2 cm³/mol. The predicted octanol–water partition coefficient (Wildman–Crippen LogP) is 1.91. The minimum absolute atomic E-state index is 0.305. The summed E-state index contributed by atoms with van der Waals surface area (Å²) in [5.74, 6) is 0. The number of rotatable bonds is 2. The number of aromatic nitrogens is 2. The second-order valence-corrected chi connectivity index (χ2v) is 4.40. The molecule has 2 heterocycles. The Kier molecular flexibility index (Phi) is 1.91. The van der Waals surface area contributed by atoms with Crippen LogP contribution < -0.4 is 0 Å². The van der Waals surface area contributed by atoms with Crippen molar-refractivity contribution in [2.75, 3.05) is 0 Å². The highest BCUT2D eigenvalue weighted by Crippen LogP contribution is 2.29. The van der Waals surface area contributed by atoms with Crippen molar-refractivity contribution in [2.24, 2.45) is 0 Å². The van der Waals surface area contributed by atoms with Crippen LogP contribution in [0.3, 0.4) is 0 Å². The van der Waals surface area contributed by atoms with Crippen LogP contribution in [-0.2, 0) is 13.1 Å². The molecule has 0 saturated carbocycles. The van der Waals surface area contributed by atoms with Gasteiger partial charge >= 0.3 is 0 Å². The molecule has 1 aromatic heterocycles. The third kappa shape index (κ3) is 1.37. The van der Waals surface area contributed by atoms with Gasteiger partial charge < -0.3 is 0 Å². The van der Waals surface area contributed by atoms with Gasteiger partial charge in [0.2, 0.25) is 0 Å². The van der Waals surface area contributed by atoms with Gasteiger partial charge in [0, 0.05) is 24.2 Å². The highest BCUT2D eigenvalue weighted by molar-refractivity contribution is 5.21. The summed E-state index contributed by atoms with van der Waals surface area (Å²) in [7, 11) is 0. The van der Waals surface area contributed by atoms with Crippen molar-refractivity contribution in [3.8, 4) is 0 Å². The Morgan fingerprint density at radius 2 is 2.31 bits per heavy atom. The summed E-state index contributed by atoms with van der Waals surface area (Å²) in [5, 5.41) is 7.09. The van der Waals surface area contributed by atoms with Crippen LogP contribution in [0.1, 0.15) is 38.4 Å². The van der Waals surface area contributed by atoms with Crippen molar-refractivity contribution in [2.45, 2.75) is 45.8 Å². The lowest BCUT2D eigenvalue weighted by Gasteiger charge is -2.34. The van der Waals surface area contributed by atoms with E-state index in [1.807, 2.05) is 6.20 Å².